The summed E-state index contributed by atoms with van der Waals surface area (Å²) in [6.07, 6.45) is 8.86. The second-order valence-corrected chi connectivity index (χ2v) is 5.01. The lowest BCUT2D eigenvalue weighted by molar-refractivity contribution is 0.129. The number of pyridine rings is 1. The molecule has 2 aromatic heterocycles. The molecule has 2 aromatic rings. The van der Waals surface area contributed by atoms with Crippen molar-refractivity contribution in [3.63, 3.8) is 0 Å². The van der Waals surface area contributed by atoms with Gasteiger partial charge in [-0.25, -0.2) is 0 Å². The number of aromatic amines is 1. The van der Waals surface area contributed by atoms with E-state index in [4.69, 9.17) is 4.74 Å². The van der Waals surface area contributed by atoms with Crippen LogP contribution in [0.1, 0.15) is 31.7 Å². The zero-order chi connectivity index (χ0) is 14.8. The number of unbranched alkanes of at least 4 members (excludes halogenated alkanes) is 1. The van der Waals surface area contributed by atoms with Crippen LogP contribution in [0.25, 0.3) is 11.3 Å². The predicted molar refractivity (Wildman–Crippen MR) is 83.9 cm³/mol. The number of nitrogens with one attached hydrogen (secondary N) is 2. The van der Waals surface area contributed by atoms with Crippen LogP contribution < -0.4 is 5.32 Å². The summed E-state index contributed by atoms with van der Waals surface area (Å²) >= 11 is 0. The van der Waals surface area contributed by atoms with Crippen molar-refractivity contribution in [1.82, 2.24) is 20.5 Å². The SMILES string of the molecule is CCCCOCCCNCc1cn[nH]c1-c1cccnc1. The number of hydrogen-bond donors (Lipinski definition) is 2. The molecule has 0 fully saturated rings. The molecular formula is C16H24N4O. The van der Waals surface area contributed by atoms with Crippen LogP contribution >= 0.6 is 0 Å². The zero-order valence-corrected chi connectivity index (χ0v) is 12.6. The third-order valence-electron chi connectivity index (χ3n) is 3.27. The molecule has 114 valence electrons. The van der Waals surface area contributed by atoms with Crippen molar-refractivity contribution in [2.45, 2.75) is 32.7 Å². The highest BCUT2D eigenvalue weighted by Crippen LogP contribution is 2.19. The van der Waals surface area contributed by atoms with Gasteiger partial charge in [0, 0.05) is 43.3 Å². The summed E-state index contributed by atoms with van der Waals surface area (Å²) in [6, 6.07) is 3.96. The number of H-pyrrole nitrogens is 1. The fourth-order valence-corrected chi connectivity index (χ4v) is 2.08. The second kappa shape index (κ2) is 9.26. The van der Waals surface area contributed by atoms with Gasteiger partial charge in [0.25, 0.3) is 0 Å². The van der Waals surface area contributed by atoms with E-state index in [1.807, 2.05) is 24.5 Å². The predicted octanol–water partition coefficient (Wildman–Crippen LogP) is 2.77. The van der Waals surface area contributed by atoms with E-state index in [1.165, 1.54) is 6.42 Å². The Morgan fingerprint density at radius 2 is 2.14 bits per heavy atom. The van der Waals surface area contributed by atoms with E-state index in [-0.39, 0.29) is 0 Å². The van der Waals surface area contributed by atoms with Gasteiger partial charge in [0.2, 0.25) is 0 Å². The number of hydrogen-bond acceptors (Lipinski definition) is 4. The van der Waals surface area contributed by atoms with E-state index in [0.29, 0.717) is 0 Å². The van der Waals surface area contributed by atoms with Crippen molar-refractivity contribution in [1.29, 1.82) is 0 Å². The van der Waals surface area contributed by atoms with Crippen LogP contribution in [0.2, 0.25) is 0 Å². The van der Waals surface area contributed by atoms with E-state index in [0.717, 1.165) is 56.0 Å². The Kier molecular flexibility index (Phi) is 6.91. The summed E-state index contributed by atoms with van der Waals surface area (Å²) in [4.78, 5) is 4.14. The second-order valence-electron chi connectivity index (χ2n) is 5.01. The fraction of sp³-hybridized carbons (Fsp3) is 0.500. The molecule has 0 saturated carbocycles. The molecule has 0 atom stereocenters. The van der Waals surface area contributed by atoms with Gasteiger partial charge in [-0.05, 0) is 31.5 Å². The molecule has 0 amide bonds. The number of ether oxygens (including phenoxy) is 1. The van der Waals surface area contributed by atoms with Gasteiger partial charge < -0.3 is 10.1 Å². The molecule has 0 aliphatic heterocycles. The Morgan fingerprint density at radius 1 is 1.24 bits per heavy atom. The summed E-state index contributed by atoms with van der Waals surface area (Å²) in [5.41, 5.74) is 3.26. The highest BCUT2D eigenvalue weighted by atomic mass is 16.5. The lowest BCUT2D eigenvalue weighted by atomic mass is 10.1. The third-order valence-corrected chi connectivity index (χ3v) is 3.27. The Hall–Kier alpha value is -1.72. The molecule has 21 heavy (non-hydrogen) atoms. The van der Waals surface area contributed by atoms with Crippen molar-refractivity contribution >= 4 is 0 Å². The van der Waals surface area contributed by atoms with Crippen LogP contribution in [0.3, 0.4) is 0 Å². The van der Waals surface area contributed by atoms with Gasteiger partial charge in [-0.2, -0.15) is 5.10 Å². The Bertz CT molecular complexity index is 498. The zero-order valence-electron chi connectivity index (χ0n) is 12.6. The summed E-state index contributed by atoms with van der Waals surface area (Å²) < 4.78 is 5.54. The first-order valence-electron chi connectivity index (χ1n) is 7.63. The van der Waals surface area contributed by atoms with Crippen molar-refractivity contribution in [3.8, 4) is 11.3 Å². The molecule has 2 N–H and O–H groups in total. The molecule has 0 aliphatic rings. The number of aromatic nitrogens is 3. The minimum atomic E-state index is 0.801. The van der Waals surface area contributed by atoms with Gasteiger partial charge in [-0.15, -0.1) is 0 Å². The lowest BCUT2D eigenvalue weighted by Crippen LogP contribution is -2.16. The van der Waals surface area contributed by atoms with E-state index in [9.17, 15) is 0 Å². The van der Waals surface area contributed by atoms with Crippen LogP contribution in [0.4, 0.5) is 0 Å². The molecule has 5 nitrogen and oxygen atoms in total. The van der Waals surface area contributed by atoms with Gasteiger partial charge in [0.05, 0.1) is 11.9 Å². The molecule has 2 heterocycles. The maximum Gasteiger partial charge on any atom is 0.0710 e. The van der Waals surface area contributed by atoms with Gasteiger partial charge >= 0.3 is 0 Å². The normalized spacial score (nSPS) is 10.9. The molecule has 0 aromatic carbocycles. The van der Waals surface area contributed by atoms with Crippen molar-refractivity contribution in [2.24, 2.45) is 0 Å². The summed E-state index contributed by atoms with van der Waals surface area (Å²) in [7, 11) is 0. The first-order chi connectivity index (χ1) is 10.4. The largest absolute Gasteiger partial charge is 0.381 e. The van der Waals surface area contributed by atoms with Crippen molar-refractivity contribution in [3.05, 3.63) is 36.3 Å². The minimum Gasteiger partial charge on any atom is -0.381 e. The van der Waals surface area contributed by atoms with Crippen LogP contribution in [0.15, 0.2) is 30.7 Å². The highest BCUT2D eigenvalue weighted by Gasteiger charge is 2.06. The standard InChI is InChI=1S/C16H24N4O/c1-2-3-9-21-10-5-8-18-12-15-13-19-20-16(15)14-6-4-7-17-11-14/h4,6-7,11,13,18H,2-3,5,8-10,12H2,1H3,(H,19,20). The molecule has 2 rings (SSSR count). The average molecular weight is 288 g/mol. The fourth-order valence-electron chi connectivity index (χ4n) is 2.08. The Labute approximate surface area is 126 Å². The molecule has 5 heteroatoms. The van der Waals surface area contributed by atoms with Gasteiger partial charge in [0.1, 0.15) is 0 Å². The minimum absolute atomic E-state index is 0.801. The highest BCUT2D eigenvalue weighted by molar-refractivity contribution is 5.61. The van der Waals surface area contributed by atoms with E-state index < -0.39 is 0 Å². The smallest absolute Gasteiger partial charge is 0.0710 e. The van der Waals surface area contributed by atoms with Gasteiger partial charge in [0.15, 0.2) is 0 Å². The summed E-state index contributed by atoms with van der Waals surface area (Å²) in [5.74, 6) is 0. The molecule has 0 bridgehead atoms. The lowest BCUT2D eigenvalue weighted by Gasteiger charge is -2.06. The number of rotatable bonds is 10. The van der Waals surface area contributed by atoms with E-state index >= 15 is 0 Å². The van der Waals surface area contributed by atoms with E-state index in [2.05, 4.69) is 27.4 Å². The molecular weight excluding hydrogens is 264 g/mol. The molecule has 0 unspecified atom stereocenters. The third kappa shape index (κ3) is 5.28. The average Bonchev–Trinajstić information content (AvgIpc) is 2.99. The van der Waals surface area contributed by atoms with Crippen LogP contribution in [-0.4, -0.2) is 34.9 Å². The topological polar surface area (TPSA) is 62.8 Å². The molecule has 0 radical (unpaired) electrons. The van der Waals surface area contributed by atoms with Crippen LogP contribution in [0.5, 0.6) is 0 Å². The maximum absolute atomic E-state index is 5.54. The Balaban J connectivity index is 1.69. The van der Waals surface area contributed by atoms with Crippen LogP contribution in [0, 0.1) is 0 Å². The van der Waals surface area contributed by atoms with Crippen molar-refractivity contribution in [2.75, 3.05) is 19.8 Å². The van der Waals surface area contributed by atoms with Gasteiger partial charge in [-0.1, -0.05) is 13.3 Å². The molecule has 0 aliphatic carbocycles. The summed E-state index contributed by atoms with van der Waals surface area (Å²) in [5, 5.41) is 10.6. The molecule has 0 saturated heterocycles. The molecule has 0 spiro atoms. The van der Waals surface area contributed by atoms with E-state index in [1.54, 1.807) is 6.20 Å². The first kappa shape index (κ1) is 15.7. The first-order valence-corrected chi connectivity index (χ1v) is 7.63. The maximum atomic E-state index is 5.54. The number of nitrogens with zero attached hydrogens (tertiary/aromatic N) is 2. The quantitative estimate of drug-likeness (QED) is 0.660. The summed E-state index contributed by atoms with van der Waals surface area (Å²) in [6.45, 7) is 5.63. The van der Waals surface area contributed by atoms with Crippen molar-refractivity contribution < 1.29 is 4.74 Å². The monoisotopic (exact) mass is 288 g/mol. The van der Waals surface area contributed by atoms with Gasteiger partial charge in [-0.3, -0.25) is 10.1 Å². The van der Waals surface area contributed by atoms with Crippen LogP contribution in [-0.2, 0) is 11.3 Å². The Morgan fingerprint density at radius 3 is 2.95 bits per heavy atom.